The average Bonchev–Trinajstić information content (AvgIpc) is 2.74. The Kier molecular flexibility index (Phi) is 2.76. The first-order chi connectivity index (χ1) is 7.76. The average molecular weight is 220 g/mol. The van der Waals surface area contributed by atoms with Crippen LogP contribution in [0, 0.1) is 0 Å². The molecule has 0 unspecified atom stereocenters. The number of hydrazone groups is 1. The zero-order valence-electron chi connectivity index (χ0n) is 9.14. The Morgan fingerprint density at radius 3 is 2.69 bits per heavy atom. The van der Waals surface area contributed by atoms with Crippen molar-refractivity contribution in [2.24, 2.45) is 5.10 Å². The summed E-state index contributed by atoms with van der Waals surface area (Å²) in [6.07, 6.45) is 1.89. The molecule has 0 aromatic heterocycles. The number of hydrogen-bond donors (Lipinski definition) is 0. The van der Waals surface area contributed by atoms with E-state index in [0.29, 0.717) is 23.6 Å². The van der Waals surface area contributed by atoms with Crippen LogP contribution in [0.1, 0.15) is 6.42 Å². The summed E-state index contributed by atoms with van der Waals surface area (Å²) in [5.74, 6) is 1.17. The summed E-state index contributed by atoms with van der Waals surface area (Å²) >= 11 is 0. The van der Waals surface area contributed by atoms with Crippen molar-refractivity contribution in [2.45, 2.75) is 6.42 Å². The van der Waals surface area contributed by atoms with Gasteiger partial charge in [0.05, 0.1) is 20.6 Å². The van der Waals surface area contributed by atoms with Crippen LogP contribution in [0.25, 0.3) is 0 Å². The smallest absolute Gasteiger partial charge is 0.252 e. The Hall–Kier alpha value is -2.04. The number of nitrogens with zero attached hydrogens (tertiary/aromatic N) is 2. The topological polar surface area (TPSA) is 51.1 Å². The molecule has 1 amide bonds. The third-order valence-electron chi connectivity index (χ3n) is 2.31. The molecule has 0 bridgehead atoms. The molecule has 1 aliphatic rings. The summed E-state index contributed by atoms with van der Waals surface area (Å²) in [5.41, 5.74) is 0.598. The van der Waals surface area contributed by atoms with Gasteiger partial charge in [0.15, 0.2) is 0 Å². The van der Waals surface area contributed by atoms with Gasteiger partial charge in [0.1, 0.15) is 17.2 Å². The van der Waals surface area contributed by atoms with Crippen LogP contribution in [0.2, 0.25) is 0 Å². The van der Waals surface area contributed by atoms with Crippen molar-refractivity contribution in [1.82, 2.24) is 0 Å². The molecule has 0 spiro atoms. The second kappa shape index (κ2) is 4.22. The molecular weight excluding hydrogens is 208 g/mol. The lowest BCUT2D eigenvalue weighted by molar-refractivity contribution is -0.116. The molecule has 84 valence electrons. The van der Waals surface area contributed by atoms with E-state index in [1.54, 1.807) is 38.6 Å². The van der Waals surface area contributed by atoms with Gasteiger partial charge in [0.25, 0.3) is 5.91 Å². The van der Waals surface area contributed by atoms with Crippen molar-refractivity contribution in [2.75, 3.05) is 19.2 Å². The fourth-order valence-electron chi connectivity index (χ4n) is 1.51. The third kappa shape index (κ3) is 1.71. The molecule has 5 nitrogen and oxygen atoms in total. The fourth-order valence-corrected chi connectivity index (χ4v) is 1.51. The Bertz CT molecular complexity index is 443. The highest BCUT2D eigenvalue weighted by molar-refractivity contribution is 6.06. The Morgan fingerprint density at radius 2 is 2.12 bits per heavy atom. The van der Waals surface area contributed by atoms with Crippen LogP contribution in [-0.2, 0) is 4.79 Å². The summed E-state index contributed by atoms with van der Waals surface area (Å²) in [6, 6.07) is 5.24. The molecule has 1 aromatic rings. The summed E-state index contributed by atoms with van der Waals surface area (Å²) in [7, 11) is 3.12. The molecule has 0 fully saturated rings. The SMILES string of the molecule is COc1ccc(OC)c(N2N=CCC2=O)c1. The van der Waals surface area contributed by atoms with Gasteiger partial charge in [0, 0.05) is 12.3 Å². The van der Waals surface area contributed by atoms with E-state index in [-0.39, 0.29) is 5.91 Å². The van der Waals surface area contributed by atoms with Crippen LogP contribution in [0.5, 0.6) is 11.5 Å². The predicted molar refractivity (Wildman–Crippen MR) is 60.1 cm³/mol. The molecule has 0 N–H and O–H groups in total. The number of rotatable bonds is 3. The summed E-state index contributed by atoms with van der Waals surface area (Å²) in [5, 5.41) is 5.31. The van der Waals surface area contributed by atoms with Crippen LogP contribution < -0.4 is 14.5 Å². The minimum atomic E-state index is -0.0773. The number of carbonyl (C=O) groups is 1. The van der Waals surface area contributed by atoms with Gasteiger partial charge < -0.3 is 9.47 Å². The molecule has 16 heavy (non-hydrogen) atoms. The van der Waals surface area contributed by atoms with Crippen molar-refractivity contribution < 1.29 is 14.3 Å². The third-order valence-corrected chi connectivity index (χ3v) is 2.31. The maximum Gasteiger partial charge on any atom is 0.252 e. The minimum absolute atomic E-state index is 0.0773. The predicted octanol–water partition coefficient (Wildman–Crippen LogP) is 1.43. The molecule has 0 saturated carbocycles. The molecular formula is C11H12N2O3. The van der Waals surface area contributed by atoms with Crippen LogP contribution in [0.3, 0.4) is 0 Å². The molecule has 2 rings (SSSR count). The van der Waals surface area contributed by atoms with Crippen LogP contribution in [0.15, 0.2) is 23.3 Å². The standard InChI is InChI=1S/C11H12N2O3/c1-15-8-3-4-10(16-2)9(7-8)13-11(14)5-6-12-13/h3-4,6-7H,5H2,1-2H3. The van der Waals surface area contributed by atoms with E-state index in [0.717, 1.165) is 0 Å². The molecule has 0 aliphatic carbocycles. The van der Waals surface area contributed by atoms with Crippen LogP contribution in [0.4, 0.5) is 5.69 Å². The van der Waals surface area contributed by atoms with Gasteiger partial charge >= 0.3 is 0 Å². The van der Waals surface area contributed by atoms with Gasteiger partial charge in [-0.25, -0.2) is 0 Å². The highest BCUT2D eigenvalue weighted by Crippen LogP contribution is 2.33. The Morgan fingerprint density at radius 1 is 1.31 bits per heavy atom. The van der Waals surface area contributed by atoms with Crippen molar-refractivity contribution in [1.29, 1.82) is 0 Å². The molecule has 1 aliphatic heterocycles. The molecule has 0 atom stereocenters. The summed E-state index contributed by atoms with van der Waals surface area (Å²) < 4.78 is 10.3. The second-order valence-corrected chi connectivity index (χ2v) is 3.25. The van der Waals surface area contributed by atoms with Crippen LogP contribution in [-0.4, -0.2) is 26.3 Å². The van der Waals surface area contributed by atoms with Crippen LogP contribution >= 0.6 is 0 Å². The van der Waals surface area contributed by atoms with Gasteiger partial charge in [-0.15, -0.1) is 0 Å². The molecule has 0 saturated heterocycles. The maximum absolute atomic E-state index is 11.5. The number of anilines is 1. The van der Waals surface area contributed by atoms with Crippen molar-refractivity contribution in [3.63, 3.8) is 0 Å². The van der Waals surface area contributed by atoms with Gasteiger partial charge in [0.2, 0.25) is 0 Å². The number of methoxy groups -OCH3 is 2. The van der Waals surface area contributed by atoms with E-state index >= 15 is 0 Å². The number of hydrogen-bond acceptors (Lipinski definition) is 4. The lowest BCUT2D eigenvalue weighted by Gasteiger charge is -2.16. The molecule has 5 heteroatoms. The highest BCUT2D eigenvalue weighted by atomic mass is 16.5. The first kappa shape index (κ1) is 10.5. The summed E-state index contributed by atoms with van der Waals surface area (Å²) in [6.45, 7) is 0. The number of ether oxygens (including phenoxy) is 2. The second-order valence-electron chi connectivity index (χ2n) is 3.25. The van der Waals surface area contributed by atoms with Crippen molar-refractivity contribution in [3.8, 4) is 11.5 Å². The highest BCUT2D eigenvalue weighted by Gasteiger charge is 2.22. The van der Waals surface area contributed by atoms with Gasteiger partial charge in [-0.3, -0.25) is 4.79 Å². The lowest BCUT2D eigenvalue weighted by atomic mass is 10.2. The summed E-state index contributed by atoms with van der Waals surface area (Å²) in [4.78, 5) is 11.5. The maximum atomic E-state index is 11.5. The minimum Gasteiger partial charge on any atom is -0.497 e. The van der Waals surface area contributed by atoms with E-state index in [9.17, 15) is 4.79 Å². The van der Waals surface area contributed by atoms with Gasteiger partial charge in [-0.2, -0.15) is 10.1 Å². The van der Waals surface area contributed by atoms with Gasteiger partial charge in [-0.1, -0.05) is 0 Å². The number of amides is 1. The van der Waals surface area contributed by atoms with E-state index in [1.165, 1.54) is 5.01 Å². The van der Waals surface area contributed by atoms with E-state index in [2.05, 4.69) is 5.10 Å². The largest absolute Gasteiger partial charge is 0.497 e. The Labute approximate surface area is 93.3 Å². The zero-order chi connectivity index (χ0) is 11.5. The van der Waals surface area contributed by atoms with Gasteiger partial charge in [-0.05, 0) is 12.1 Å². The van der Waals surface area contributed by atoms with E-state index in [1.807, 2.05) is 0 Å². The quantitative estimate of drug-likeness (QED) is 0.774. The zero-order valence-corrected chi connectivity index (χ0v) is 9.14. The van der Waals surface area contributed by atoms with Crippen molar-refractivity contribution >= 4 is 17.8 Å². The fraction of sp³-hybridized carbons (Fsp3) is 0.273. The van der Waals surface area contributed by atoms with E-state index in [4.69, 9.17) is 9.47 Å². The lowest BCUT2D eigenvalue weighted by Crippen LogP contribution is -2.20. The molecule has 0 radical (unpaired) electrons. The number of benzene rings is 1. The first-order valence-corrected chi connectivity index (χ1v) is 4.83. The molecule has 1 heterocycles. The Balaban J connectivity index is 2.44. The van der Waals surface area contributed by atoms with E-state index < -0.39 is 0 Å². The monoisotopic (exact) mass is 220 g/mol. The first-order valence-electron chi connectivity index (χ1n) is 4.83. The number of carbonyl (C=O) groups excluding carboxylic acids is 1. The normalized spacial score (nSPS) is 14.4. The molecule has 1 aromatic carbocycles. The van der Waals surface area contributed by atoms with Crippen molar-refractivity contribution in [3.05, 3.63) is 18.2 Å².